The molecule has 0 aromatic rings. The molecule has 1 rings (SSSR count). The van der Waals surface area contributed by atoms with Crippen LogP contribution < -0.4 is 0 Å². The molecule has 17 heavy (non-hydrogen) atoms. The van der Waals surface area contributed by atoms with E-state index in [1.807, 2.05) is 6.92 Å². The molecule has 0 aromatic heterocycles. The molecule has 0 spiro atoms. The van der Waals surface area contributed by atoms with E-state index in [2.05, 4.69) is 0 Å². The monoisotopic (exact) mass is 278 g/mol. The molecule has 0 bridgehead atoms. The number of hydrogen-bond acceptors (Lipinski definition) is 4. The molecule has 0 aromatic carbocycles. The van der Waals surface area contributed by atoms with Gasteiger partial charge in [-0.1, -0.05) is 14.5 Å². The van der Waals surface area contributed by atoms with E-state index in [0.717, 1.165) is 32.0 Å². The van der Waals surface area contributed by atoms with Crippen molar-refractivity contribution in [3.63, 3.8) is 0 Å². The zero-order valence-electron chi connectivity index (χ0n) is 12.3. The van der Waals surface area contributed by atoms with Gasteiger partial charge in [0.2, 0.25) is 0 Å². The second kappa shape index (κ2) is 7.78. The number of carbonyl (C=O) groups excluding carboxylic acids is 1. The Morgan fingerprint density at radius 3 is 3.24 bits per heavy atom. The minimum atomic E-state index is -1.29. The SMILES string of the molecule is [2H]P([B][3H])SOC[C@@H]1C[C@H](C(C)=O)C[C@H]1[C@@H](C)CO. The summed E-state index contributed by atoms with van der Waals surface area (Å²) in [6.45, 7) is 4.25. The van der Waals surface area contributed by atoms with Crippen LogP contribution in [0, 0.1) is 23.7 Å². The summed E-state index contributed by atoms with van der Waals surface area (Å²) in [7, 11) is -0.201. The number of rotatable bonds is 8. The van der Waals surface area contributed by atoms with Crippen LogP contribution in [0.1, 0.15) is 26.7 Å². The number of Topliss-reactive ketones (excluding diaryl/α,β-unsaturated/α-hetero) is 1. The fourth-order valence-electron chi connectivity index (χ4n) is 2.66. The molecule has 0 heterocycles. The van der Waals surface area contributed by atoms with Crippen molar-refractivity contribution in [3.05, 3.63) is 0 Å². The molecule has 3 nitrogen and oxygen atoms in total. The fourth-order valence-corrected chi connectivity index (χ4v) is 3.32. The second-order valence-corrected chi connectivity index (χ2v) is 6.50. The van der Waals surface area contributed by atoms with Crippen LogP contribution in [-0.2, 0) is 8.98 Å². The molecular formula is C11H21BO3PS. The zero-order valence-corrected chi connectivity index (χ0v) is 12.0. The van der Waals surface area contributed by atoms with Crippen LogP contribution in [-0.4, -0.2) is 34.2 Å². The summed E-state index contributed by atoms with van der Waals surface area (Å²) in [6.07, 6.45) is 1.64. The lowest BCUT2D eigenvalue weighted by Crippen LogP contribution is -2.22. The molecule has 5 atom stereocenters. The lowest BCUT2D eigenvalue weighted by molar-refractivity contribution is -0.120. The first-order valence-corrected chi connectivity index (χ1v) is 8.21. The fraction of sp³-hybridized carbons (Fsp3) is 0.909. The molecule has 0 aliphatic heterocycles. The Morgan fingerprint density at radius 1 is 1.88 bits per heavy atom. The number of aliphatic hydroxyl groups is 1. The standard InChI is InChI=1S/C11H21BO3PS/c1-7(5-13)11-4-9(8(2)14)3-10(11)6-15-17-16-12/h7,9-13,16H,3-6H2,1-2H3/t7-,9-,10-,11-,16?/m0/s1/i12T,16D. The summed E-state index contributed by atoms with van der Waals surface area (Å²) in [5.74, 6) is 1.03. The molecule has 0 saturated heterocycles. The van der Waals surface area contributed by atoms with E-state index in [1.165, 1.54) is 0 Å². The highest BCUT2D eigenvalue weighted by Crippen LogP contribution is 2.42. The second-order valence-electron chi connectivity index (χ2n) is 4.83. The minimum Gasteiger partial charge on any atom is -0.396 e. The Morgan fingerprint density at radius 2 is 2.65 bits per heavy atom. The van der Waals surface area contributed by atoms with Crippen LogP contribution in [0.4, 0.5) is 0 Å². The molecule has 1 aliphatic carbocycles. The van der Waals surface area contributed by atoms with E-state index in [-0.39, 0.29) is 30.1 Å². The van der Waals surface area contributed by atoms with Crippen LogP contribution >= 0.6 is 19.3 Å². The Labute approximate surface area is 113 Å². The normalized spacial score (nSPS) is 33.7. The van der Waals surface area contributed by atoms with Crippen molar-refractivity contribution in [1.82, 2.24) is 0 Å². The third kappa shape index (κ3) is 4.55. The molecule has 0 amide bonds. The van der Waals surface area contributed by atoms with E-state index in [0.29, 0.717) is 12.5 Å². The molecular weight excluding hydrogens is 254 g/mol. The first-order chi connectivity index (χ1) is 8.99. The molecule has 6 heteroatoms. The van der Waals surface area contributed by atoms with Crippen molar-refractivity contribution in [1.29, 1.82) is 2.61 Å². The highest BCUT2D eigenvalue weighted by molar-refractivity contribution is 8.53. The van der Waals surface area contributed by atoms with Crippen LogP contribution in [0.15, 0.2) is 0 Å². The van der Waals surface area contributed by atoms with Gasteiger partial charge in [-0.3, -0.25) is 4.79 Å². The third-order valence-electron chi connectivity index (χ3n) is 3.72. The van der Waals surface area contributed by atoms with Gasteiger partial charge in [0, 0.05) is 24.2 Å². The van der Waals surface area contributed by atoms with Crippen molar-refractivity contribution in [2.75, 3.05) is 13.2 Å². The average molecular weight is 278 g/mol. The maximum Gasteiger partial charge on any atom is 0.137 e. The van der Waals surface area contributed by atoms with Gasteiger partial charge < -0.3 is 9.29 Å². The Bertz CT molecular complexity index is 301. The Balaban J connectivity index is 2.49. The molecule has 97 valence electrons. The van der Waals surface area contributed by atoms with Gasteiger partial charge in [-0.05, 0) is 38.9 Å². The molecule has 1 fully saturated rings. The molecule has 1 saturated carbocycles. The van der Waals surface area contributed by atoms with Gasteiger partial charge in [0.15, 0.2) is 0 Å². The topological polar surface area (TPSA) is 46.5 Å². The zero-order chi connectivity index (χ0) is 14.4. The summed E-state index contributed by atoms with van der Waals surface area (Å²) in [5.41, 5.74) is 0. The maximum absolute atomic E-state index is 11.5. The van der Waals surface area contributed by atoms with Crippen molar-refractivity contribution < 1.29 is 14.1 Å². The Hall–Kier alpha value is 0.435. The highest BCUT2D eigenvalue weighted by Gasteiger charge is 2.38. The number of carbonyl (C=O) groups is 1. The van der Waals surface area contributed by atoms with Gasteiger partial charge in [0.1, 0.15) is 13.3 Å². The lowest BCUT2D eigenvalue weighted by Gasteiger charge is -2.23. The van der Waals surface area contributed by atoms with Gasteiger partial charge in [0.25, 0.3) is 0 Å². The molecule has 1 unspecified atom stereocenters. The predicted molar refractivity (Wildman–Crippen MR) is 75.6 cm³/mol. The van der Waals surface area contributed by atoms with Gasteiger partial charge in [0.05, 0.1) is 7.89 Å². The molecule has 1 aliphatic rings. The first kappa shape index (κ1) is 12.5. The number of hydrogen-bond donors (Lipinski definition) is 1. The highest BCUT2D eigenvalue weighted by atomic mass is 32.7. The van der Waals surface area contributed by atoms with Crippen LogP contribution in [0.25, 0.3) is 0 Å². The van der Waals surface area contributed by atoms with Crippen molar-refractivity contribution >= 4 is 32.6 Å². The Kier molecular flexibility index (Phi) is 5.71. The van der Waals surface area contributed by atoms with Gasteiger partial charge in [-0.15, -0.1) is 0 Å². The lowest BCUT2D eigenvalue weighted by atomic mass is 9.86. The van der Waals surface area contributed by atoms with E-state index in [9.17, 15) is 9.90 Å². The van der Waals surface area contributed by atoms with Crippen LogP contribution in [0.2, 0.25) is 0 Å². The van der Waals surface area contributed by atoms with E-state index in [1.54, 1.807) is 6.92 Å². The summed E-state index contributed by atoms with van der Waals surface area (Å²) in [5, 5.41) is 9.30. The largest absolute Gasteiger partial charge is 0.396 e. The summed E-state index contributed by atoms with van der Waals surface area (Å²) < 4.78 is 19.8. The van der Waals surface area contributed by atoms with Crippen molar-refractivity contribution in [3.8, 4) is 0 Å². The van der Waals surface area contributed by atoms with E-state index in [4.69, 9.17) is 6.80 Å². The quantitative estimate of drug-likeness (QED) is 0.418. The molecule has 1 radical (unpaired) electrons. The minimum absolute atomic E-state index is 0.0813. The maximum atomic E-state index is 11.5. The summed E-state index contributed by atoms with van der Waals surface area (Å²) in [4.78, 5) is 11.5. The van der Waals surface area contributed by atoms with Crippen LogP contribution in [0.5, 0.6) is 0 Å². The number of ketones is 1. The van der Waals surface area contributed by atoms with Gasteiger partial charge in [-0.2, -0.15) is 0 Å². The third-order valence-corrected chi connectivity index (χ3v) is 4.62. The van der Waals surface area contributed by atoms with Crippen molar-refractivity contribution in [2.24, 2.45) is 23.7 Å². The first-order valence-electron chi connectivity index (χ1n) is 6.92. The van der Waals surface area contributed by atoms with E-state index < -0.39 is 7.61 Å². The van der Waals surface area contributed by atoms with Crippen molar-refractivity contribution in [2.45, 2.75) is 26.7 Å². The van der Waals surface area contributed by atoms with Gasteiger partial charge in [-0.25, -0.2) is 0 Å². The summed E-state index contributed by atoms with van der Waals surface area (Å²) >= 11 is 1.04. The van der Waals surface area contributed by atoms with Crippen LogP contribution in [0.3, 0.4) is 0 Å². The number of aliphatic hydroxyl groups excluding tert-OH is 1. The van der Waals surface area contributed by atoms with E-state index >= 15 is 0 Å². The average Bonchev–Trinajstić information content (AvgIpc) is 2.82. The predicted octanol–water partition coefficient (Wildman–Crippen LogP) is 1.92. The summed E-state index contributed by atoms with van der Waals surface area (Å²) in [6, 6.07) is 0. The smallest absolute Gasteiger partial charge is 0.137 e. The van der Waals surface area contributed by atoms with Gasteiger partial charge >= 0.3 is 0 Å². The molecule has 1 N–H and O–H groups in total.